The van der Waals surface area contributed by atoms with Crippen molar-refractivity contribution in [2.45, 2.75) is 6.18 Å². The second kappa shape index (κ2) is 5.47. The lowest BCUT2D eigenvalue weighted by Crippen LogP contribution is -2.24. The Balaban J connectivity index is 3.17. The lowest BCUT2D eigenvalue weighted by Gasteiger charge is -2.10. The van der Waals surface area contributed by atoms with E-state index in [0.29, 0.717) is 12.0 Å². The number of rotatable bonds is 4. The van der Waals surface area contributed by atoms with E-state index in [2.05, 4.69) is 9.44 Å². The SMILES string of the molecule is COc1ccc(/C(=N/OS(C)(=O)=O)C(F)(F)F)cc1. The zero-order chi connectivity index (χ0) is 14.7. The molecule has 0 saturated carbocycles. The van der Waals surface area contributed by atoms with Gasteiger partial charge in [0.2, 0.25) is 0 Å². The van der Waals surface area contributed by atoms with E-state index in [1.54, 1.807) is 0 Å². The molecular formula is C10H10F3NO4S. The Labute approximate surface area is 107 Å². The highest BCUT2D eigenvalue weighted by Crippen LogP contribution is 2.24. The van der Waals surface area contributed by atoms with Crippen molar-refractivity contribution in [3.63, 3.8) is 0 Å². The number of methoxy groups -OCH3 is 1. The molecule has 0 saturated heterocycles. The van der Waals surface area contributed by atoms with Gasteiger partial charge in [-0.15, -0.1) is 0 Å². The Morgan fingerprint density at radius 2 is 1.74 bits per heavy atom. The average Bonchev–Trinajstić information content (AvgIpc) is 2.26. The maximum atomic E-state index is 12.7. The summed E-state index contributed by atoms with van der Waals surface area (Å²) in [7, 11) is -2.75. The Kier molecular flexibility index (Phi) is 4.40. The van der Waals surface area contributed by atoms with Gasteiger partial charge in [-0.25, -0.2) is 0 Å². The summed E-state index contributed by atoms with van der Waals surface area (Å²) in [4.78, 5) is 0. The molecule has 0 spiro atoms. The highest BCUT2D eigenvalue weighted by Gasteiger charge is 2.38. The topological polar surface area (TPSA) is 65.0 Å². The molecule has 9 heteroatoms. The molecule has 0 aliphatic heterocycles. The van der Waals surface area contributed by atoms with Crippen molar-refractivity contribution < 1.29 is 30.6 Å². The molecule has 0 fully saturated rings. The van der Waals surface area contributed by atoms with E-state index in [-0.39, 0.29) is 5.56 Å². The molecule has 0 aliphatic rings. The van der Waals surface area contributed by atoms with Crippen LogP contribution in [0.4, 0.5) is 13.2 Å². The Morgan fingerprint density at radius 1 is 1.21 bits per heavy atom. The summed E-state index contributed by atoms with van der Waals surface area (Å²) in [5.74, 6) is 0.356. The molecule has 19 heavy (non-hydrogen) atoms. The van der Waals surface area contributed by atoms with Crippen LogP contribution < -0.4 is 4.74 Å². The van der Waals surface area contributed by atoms with Gasteiger partial charge in [-0.1, -0.05) is 5.16 Å². The molecule has 0 atom stereocenters. The van der Waals surface area contributed by atoms with Gasteiger partial charge in [0.15, 0.2) is 5.71 Å². The fraction of sp³-hybridized carbons (Fsp3) is 0.300. The molecule has 0 amide bonds. The molecule has 5 nitrogen and oxygen atoms in total. The van der Waals surface area contributed by atoms with Gasteiger partial charge in [0.1, 0.15) is 5.75 Å². The van der Waals surface area contributed by atoms with Crippen molar-refractivity contribution in [1.29, 1.82) is 0 Å². The third kappa shape index (κ3) is 4.78. The van der Waals surface area contributed by atoms with Crippen LogP contribution in [-0.2, 0) is 14.4 Å². The van der Waals surface area contributed by atoms with E-state index < -0.39 is 22.0 Å². The molecule has 0 bridgehead atoms. The molecule has 106 valence electrons. The highest BCUT2D eigenvalue weighted by atomic mass is 32.2. The van der Waals surface area contributed by atoms with E-state index in [4.69, 9.17) is 4.74 Å². The van der Waals surface area contributed by atoms with Crippen LogP contribution >= 0.6 is 0 Å². The minimum atomic E-state index is -4.85. The zero-order valence-corrected chi connectivity index (χ0v) is 10.7. The summed E-state index contributed by atoms with van der Waals surface area (Å²) < 4.78 is 68.2. The van der Waals surface area contributed by atoms with Gasteiger partial charge >= 0.3 is 16.3 Å². The molecule has 0 aromatic heterocycles. The van der Waals surface area contributed by atoms with Gasteiger partial charge in [0, 0.05) is 5.56 Å². The van der Waals surface area contributed by atoms with Crippen molar-refractivity contribution >= 4 is 15.8 Å². The van der Waals surface area contributed by atoms with Gasteiger partial charge in [0.25, 0.3) is 0 Å². The minimum absolute atomic E-state index is 0.336. The summed E-state index contributed by atoms with van der Waals surface area (Å²) in [5.41, 5.74) is -1.78. The third-order valence-corrected chi connectivity index (χ3v) is 2.24. The van der Waals surface area contributed by atoms with Crippen molar-refractivity contribution in [2.75, 3.05) is 13.4 Å². The third-order valence-electron chi connectivity index (χ3n) is 1.90. The second-order valence-electron chi connectivity index (χ2n) is 3.44. The number of nitrogens with zero attached hydrogens (tertiary/aromatic N) is 1. The molecule has 0 aliphatic carbocycles. The monoisotopic (exact) mass is 297 g/mol. The molecule has 1 aromatic carbocycles. The predicted octanol–water partition coefficient (Wildman–Crippen LogP) is 1.94. The van der Waals surface area contributed by atoms with E-state index in [9.17, 15) is 21.6 Å². The Morgan fingerprint density at radius 3 is 2.11 bits per heavy atom. The maximum absolute atomic E-state index is 12.7. The molecule has 1 rings (SSSR count). The van der Waals surface area contributed by atoms with Gasteiger partial charge in [0.05, 0.1) is 13.4 Å². The van der Waals surface area contributed by atoms with Crippen LogP contribution in [0, 0.1) is 0 Å². The van der Waals surface area contributed by atoms with E-state index in [1.165, 1.54) is 19.2 Å². The smallest absolute Gasteiger partial charge is 0.437 e. The van der Waals surface area contributed by atoms with E-state index in [0.717, 1.165) is 12.1 Å². The number of benzene rings is 1. The lowest BCUT2D eigenvalue weighted by atomic mass is 10.1. The Hall–Kier alpha value is -1.77. The number of hydrogen-bond acceptors (Lipinski definition) is 5. The second-order valence-corrected chi connectivity index (χ2v) is 5.00. The van der Waals surface area contributed by atoms with Crippen LogP contribution in [0.2, 0.25) is 0 Å². The molecule has 0 N–H and O–H groups in total. The largest absolute Gasteiger partial charge is 0.497 e. The van der Waals surface area contributed by atoms with Crippen LogP contribution in [0.5, 0.6) is 5.75 Å². The highest BCUT2D eigenvalue weighted by molar-refractivity contribution is 7.85. The fourth-order valence-electron chi connectivity index (χ4n) is 1.12. The van der Waals surface area contributed by atoms with Gasteiger partial charge in [-0.05, 0) is 24.3 Å². The van der Waals surface area contributed by atoms with E-state index >= 15 is 0 Å². The lowest BCUT2D eigenvalue weighted by molar-refractivity contribution is -0.0596. The van der Waals surface area contributed by atoms with Gasteiger partial charge in [-0.3, -0.25) is 4.28 Å². The first-order valence-corrected chi connectivity index (χ1v) is 6.63. The van der Waals surface area contributed by atoms with Gasteiger partial charge in [-0.2, -0.15) is 21.6 Å². The van der Waals surface area contributed by atoms with Crippen molar-refractivity contribution in [1.82, 2.24) is 0 Å². The molecule has 0 unspecified atom stereocenters. The minimum Gasteiger partial charge on any atom is -0.497 e. The summed E-state index contributed by atoms with van der Waals surface area (Å²) in [6.45, 7) is 0. The summed E-state index contributed by atoms with van der Waals surface area (Å²) >= 11 is 0. The molecule has 0 heterocycles. The van der Waals surface area contributed by atoms with Crippen molar-refractivity contribution in [3.8, 4) is 5.75 Å². The van der Waals surface area contributed by atoms with Crippen LogP contribution in [0.1, 0.15) is 5.56 Å². The predicted molar refractivity (Wildman–Crippen MR) is 61.5 cm³/mol. The zero-order valence-electron chi connectivity index (χ0n) is 9.93. The number of alkyl halides is 3. The number of halogens is 3. The first kappa shape index (κ1) is 15.3. The normalized spacial score (nSPS) is 13.2. The maximum Gasteiger partial charge on any atom is 0.437 e. The van der Waals surface area contributed by atoms with Crippen molar-refractivity contribution in [2.24, 2.45) is 5.16 Å². The van der Waals surface area contributed by atoms with Crippen LogP contribution in [0.3, 0.4) is 0 Å². The van der Waals surface area contributed by atoms with Crippen LogP contribution in [0.25, 0.3) is 0 Å². The standard InChI is InChI=1S/C10H10F3NO4S/c1-17-8-5-3-7(4-6-8)9(10(11,12)13)14-18-19(2,15)16/h3-6H,1-2H3/b14-9-. The number of oxime groups is 1. The van der Waals surface area contributed by atoms with E-state index in [1.807, 2.05) is 0 Å². The average molecular weight is 297 g/mol. The first-order valence-electron chi connectivity index (χ1n) is 4.82. The molecular weight excluding hydrogens is 287 g/mol. The molecule has 1 aromatic rings. The summed E-state index contributed by atoms with van der Waals surface area (Å²) in [6.07, 6.45) is -4.25. The first-order chi connectivity index (χ1) is 8.63. The summed E-state index contributed by atoms with van der Waals surface area (Å²) in [6, 6.07) is 4.77. The quantitative estimate of drug-likeness (QED) is 0.629. The summed E-state index contributed by atoms with van der Waals surface area (Å²) in [5, 5.41) is 2.65. The van der Waals surface area contributed by atoms with Crippen LogP contribution in [0.15, 0.2) is 29.4 Å². The molecule has 0 radical (unpaired) electrons. The fourth-order valence-corrected chi connectivity index (χ4v) is 1.33. The van der Waals surface area contributed by atoms with Gasteiger partial charge < -0.3 is 4.74 Å². The van der Waals surface area contributed by atoms with Crippen molar-refractivity contribution in [3.05, 3.63) is 29.8 Å². The number of ether oxygens (including phenoxy) is 1. The number of hydrogen-bond donors (Lipinski definition) is 0. The Bertz CT molecular complexity index is 563. The van der Waals surface area contributed by atoms with Crippen LogP contribution in [-0.4, -0.2) is 33.7 Å².